The fourth-order valence-electron chi connectivity index (χ4n) is 2.27. The molecular formula is C17H11N3O2S. The number of carbonyl (C=O) groups is 1. The van der Waals surface area contributed by atoms with Crippen molar-refractivity contribution >= 4 is 33.2 Å². The first-order valence-electron chi connectivity index (χ1n) is 6.97. The molecule has 0 unspecified atom stereocenters. The van der Waals surface area contributed by atoms with Gasteiger partial charge in [0, 0.05) is 28.9 Å². The van der Waals surface area contributed by atoms with Crippen LogP contribution in [0.5, 0.6) is 0 Å². The van der Waals surface area contributed by atoms with Crippen LogP contribution in [0, 0.1) is 0 Å². The Morgan fingerprint density at radius 2 is 1.96 bits per heavy atom. The first-order chi connectivity index (χ1) is 11.3. The number of aromatic nitrogens is 2. The van der Waals surface area contributed by atoms with Crippen molar-refractivity contribution in [2.24, 2.45) is 0 Å². The lowest BCUT2D eigenvalue weighted by molar-refractivity contribution is 0.101. The smallest absolute Gasteiger partial charge is 0.277 e. The summed E-state index contributed by atoms with van der Waals surface area (Å²) >= 11 is 1.42. The summed E-state index contributed by atoms with van der Waals surface area (Å²) in [5.74, 6) is 0.256. The Hall–Kier alpha value is -2.99. The predicted molar refractivity (Wildman–Crippen MR) is 89.5 cm³/mol. The van der Waals surface area contributed by atoms with E-state index in [-0.39, 0.29) is 11.6 Å². The highest BCUT2D eigenvalue weighted by molar-refractivity contribution is 7.13. The molecule has 0 saturated carbocycles. The first kappa shape index (κ1) is 13.7. The molecule has 6 heteroatoms. The molecule has 23 heavy (non-hydrogen) atoms. The van der Waals surface area contributed by atoms with Gasteiger partial charge in [-0.05, 0) is 29.7 Å². The van der Waals surface area contributed by atoms with Crippen LogP contribution < -0.4 is 5.32 Å². The van der Waals surface area contributed by atoms with Gasteiger partial charge < -0.3 is 9.84 Å². The molecule has 4 aromatic rings. The molecule has 4 rings (SSSR count). The van der Waals surface area contributed by atoms with Crippen molar-refractivity contribution in [1.29, 1.82) is 0 Å². The highest BCUT2D eigenvalue weighted by atomic mass is 32.1. The molecule has 2 heterocycles. The van der Waals surface area contributed by atoms with E-state index in [4.69, 9.17) is 4.52 Å². The Kier molecular flexibility index (Phi) is 3.36. The van der Waals surface area contributed by atoms with Gasteiger partial charge in [0.15, 0.2) is 11.5 Å². The van der Waals surface area contributed by atoms with E-state index in [2.05, 4.69) is 14.8 Å². The Bertz CT molecular complexity index is 976. The van der Waals surface area contributed by atoms with Gasteiger partial charge in [-0.3, -0.25) is 4.79 Å². The molecule has 0 aliphatic carbocycles. The lowest BCUT2D eigenvalue weighted by Gasteiger charge is -2.02. The Morgan fingerprint density at radius 3 is 2.83 bits per heavy atom. The van der Waals surface area contributed by atoms with Crippen LogP contribution in [0.1, 0.15) is 10.5 Å². The number of nitrogens with zero attached hydrogens (tertiary/aromatic N) is 2. The van der Waals surface area contributed by atoms with Gasteiger partial charge in [0.1, 0.15) is 0 Å². The average Bonchev–Trinajstić information content (AvgIpc) is 3.24. The molecular weight excluding hydrogens is 310 g/mol. The van der Waals surface area contributed by atoms with Crippen molar-refractivity contribution < 1.29 is 9.32 Å². The molecule has 2 aromatic heterocycles. The SMILES string of the molecule is O=C(Nc1ccc2sncc2c1)c1cc(-c2ccccc2)on1. The molecule has 0 atom stereocenters. The maximum absolute atomic E-state index is 12.3. The summed E-state index contributed by atoms with van der Waals surface area (Å²) in [5.41, 5.74) is 1.82. The molecule has 0 aliphatic heterocycles. The third-order valence-corrected chi connectivity index (χ3v) is 4.19. The summed E-state index contributed by atoms with van der Waals surface area (Å²) in [6.07, 6.45) is 1.78. The zero-order chi connectivity index (χ0) is 15.6. The van der Waals surface area contributed by atoms with E-state index in [0.717, 1.165) is 15.6 Å². The van der Waals surface area contributed by atoms with Crippen molar-refractivity contribution in [3.63, 3.8) is 0 Å². The molecule has 0 aliphatic rings. The molecule has 2 aromatic carbocycles. The average molecular weight is 321 g/mol. The fraction of sp³-hybridized carbons (Fsp3) is 0. The van der Waals surface area contributed by atoms with E-state index in [1.807, 2.05) is 48.5 Å². The Balaban J connectivity index is 1.56. The maximum atomic E-state index is 12.3. The maximum Gasteiger partial charge on any atom is 0.277 e. The van der Waals surface area contributed by atoms with Crippen LogP contribution in [0.2, 0.25) is 0 Å². The molecule has 0 spiro atoms. The molecule has 0 bridgehead atoms. The van der Waals surface area contributed by atoms with Gasteiger partial charge in [-0.15, -0.1) is 0 Å². The Labute approximate surface area is 135 Å². The monoisotopic (exact) mass is 321 g/mol. The van der Waals surface area contributed by atoms with Crippen molar-refractivity contribution in [3.8, 4) is 11.3 Å². The largest absolute Gasteiger partial charge is 0.355 e. The molecule has 5 nitrogen and oxygen atoms in total. The van der Waals surface area contributed by atoms with Gasteiger partial charge in [-0.25, -0.2) is 0 Å². The van der Waals surface area contributed by atoms with Gasteiger partial charge in [0.25, 0.3) is 5.91 Å². The van der Waals surface area contributed by atoms with Gasteiger partial charge in [0.05, 0.1) is 4.70 Å². The molecule has 1 amide bonds. The molecule has 0 fully saturated rings. The second kappa shape index (κ2) is 5.66. The molecule has 0 radical (unpaired) electrons. The van der Waals surface area contributed by atoms with Crippen LogP contribution in [0.25, 0.3) is 21.4 Å². The minimum Gasteiger partial charge on any atom is -0.355 e. The van der Waals surface area contributed by atoms with Crippen LogP contribution in [0.3, 0.4) is 0 Å². The van der Waals surface area contributed by atoms with Crippen LogP contribution >= 0.6 is 11.5 Å². The van der Waals surface area contributed by atoms with Crippen molar-refractivity contribution in [2.45, 2.75) is 0 Å². The topological polar surface area (TPSA) is 68.0 Å². The van der Waals surface area contributed by atoms with Crippen molar-refractivity contribution in [3.05, 3.63) is 66.5 Å². The standard InChI is InChI=1S/C17H11N3O2S/c21-17(19-13-6-7-16-12(8-13)10-18-23-16)14-9-15(22-20-14)11-4-2-1-3-5-11/h1-10H,(H,19,21). The third-order valence-electron chi connectivity index (χ3n) is 3.41. The Morgan fingerprint density at radius 1 is 1.09 bits per heavy atom. The zero-order valence-corrected chi connectivity index (χ0v) is 12.7. The molecule has 112 valence electrons. The van der Waals surface area contributed by atoms with E-state index in [1.165, 1.54) is 11.5 Å². The predicted octanol–water partition coefficient (Wildman–Crippen LogP) is 4.20. The minimum atomic E-state index is -0.307. The third kappa shape index (κ3) is 2.72. The zero-order valence-electron chi connectivity index (χ0n) is 11.9. The van der Waals surface area contributed by atoms with E-state index < -0.39 is 0 Å². The van der Waals surface area contributed by atoms with Gasteiger partial charge in [-0.2, -0.15) is 4.37 Å². The quantitative estimate of drug-likeness (QED) is 0.614. The lowest BCUT2D eigenvalue weighted by atomic mass is 10.1. The minimum absolute atomic E-state index is 0.243. The number of anilines is 1. The lowest BCUT2D eigenvalue weighted by Crippen LogP contribution is -2.11. The van der Waals surface area contributed by atoms with Gasteiger partial charge in [-0.1, -0.05) is 35.5 Å². The number of rotatable bonds is 3. The molecule has 0 saturated heterocycles. The first-order valence-corrected chi connectivity index (χ1v) is 7.75. The number of benzene rings is 2. The van der Waals surface area contributed by atoms with Crippen LogP contribution in [0.4, 0.5) is 5.69 Å². The van der Waals surface area contributed by atoms with Crippen LogP contribution in [-0.2, 0) is 0 Å². The van der Waals surface area contributed by atoms with Crippen LogP contribution in [0.15, 0.2) is 65.3 Å². The van der Waals surface area contributed by atoms with E-state index in [0.29, 0.717) is 11.4 Å². The van der Waals surface area contributed by atoms with E-state index in [9.17, 15) is 4.79 Å². The number of nitrogens with one attached hydrogen (secondary N) is 1. The summed E-state index contributed by atoms with van der Waals surface area (Å²) in [6.45, 7) is 0. The van der Waals surface area contributed by atoms with Crippen molar-refractivity contribution in [2.75, 3.05) is 5.32 Å². The number of hydrogen-bond acceptors (Lipinski definition) is 5. The van der Waals surface area contributed by atoms with E-state index >= 15 is 0 Å². The normalized spacial score (nSPS) is 10.8. The fourth-order valence-corrected chi connectivity index (χ4v) is 2.89. The molecule has 1 N–H and O–H groups in total. The summed E-state index contributed by atoms with van der Waals surface area (Å²) < 4.78 is 10.4. The highest BCUT2D eigenvalue weighted by Crippen LogP contribution is 2.23. The van der Waals surface area contributed by atoms with Crippen molar-refractivity contribution in [1.82, 2.24) is 9.53 Å². The summed E-state index contributed by atoms with van der Waals surface area (Å²) in [7, 11) is 0. The van der Waals surface area contributed by atoms with Gasteiger partial charge >= 0.3 is 0 Å². The summed E-state index contributed by atoms with van der Waals surface area (Å²) in [5, 5.41) is 7.66. The second-order valence-corrected chi connectivity index (χ2v) is 5.81. The number of amides is 1. The second-order valence-electron chi connectivity index (χ2n) is 4.97. The number of carbonyl (C=O) groups excluding carboxylic acids is 1. The van der Waals surface area contributed by atoms with E-state index in [1.54, 1.807) is 12.3 Å². The highest BCUT2D eigenvalue weighted by Gasteiger charge is 2.14. The van der Waals surface area contributed by atoms with Crippen LogP contribution in [-0.4, -0.2) is 15.4 Å². The number of fused-ring (bicyclic) bond motifs is 1. The van der Waals surface area contributed by atoms with Gasteiger partial charge in [0.2, 0.25) is 0 Å². The number of hydrogen-bond donors (Lipinski definition) is 1. The summed E-state index contributed by atoms with van der Waals surface area (Å²) in [6, 6.07) is 16.8. The summed E-state index contributed by atoms with van der Waals surface area (Å²) in [4.78, 5) is 12.3.